The standard InChI is InChI=1S/C17H21FN4/c1-13-7-10-22(11-8-13)17-19-9-6-16(21-17)20-12-14-2-4-15(18)5-3-14/h2-6,9,13H,7-8,10-12H2,1H3,(H,19,20,21). The molecule has 1 aromatic heterocycles. The van der Waals surface area contributed by atoms with E-state index in [4.69, 9.17) is 0 Å². The van der Waals surface area contributed by atoms with Gasteiger partial charge >= 0.3 is 0 Å². The summed E-state index contributed by atoms with van der Waals surface area (Å²) >= 11 is 0. The van der Waals surface area contributed by atoms with Crippen molar-refractivity contribution in [2.75, 3.05) is 23.3 Å². The maximum atomic E-state index is 12.9. The third-order valence-corrected chi connectivity index (χ3v) is 4.10. The van der Waals surface area contributed by atoms with Crippen LogP contribution >= 0.6 is 0 Å². The normalized spacial score (nSPS) is 15.8. The van der Waals surface area contributed by atoms with Gasteiger partial charge < -0.3 is 10.2 Å². The van der Waals surface area contributed by atoms with Crippen molar-refractivity contribution in [3.63, 3.8) is 0 Å². The number of anilines is 2. The molecule has 0 bridgehead atoms. The summed E-state index contributed by atoms with van der Waals surface area (Å²) in [5, 5.41) is 3.27. The molecule has 4 nitrogen and oxygen atoms in total. The maximum Gasteiger partial charge on any atom is 0.227 e. The topological polar surface area (TPSA) is 41.1 Å². The maximum absolute atomic E-state index is 12.9. The number of piperidine rings is 1. The van der Waals surface area contributed by atoms with Crippen molar-refractivity contribution in [3.05, 3.63) is 47.9 Å². The van der Waals surface area contributed by atoms with E-state index in [1.165, 1.54) is 25.0 Å². The first-order valence-corrected chi connectivity index (χ1v) is 7.77. The van der Waals surface area contributed by atoms with E-state index in [0.29, 0.717) is 6.54 Å². The fraction of sp³-hybridized carbons (Fsp3) is 0.412. The van der Waals surface area contributed by atoms with Gasteiger partial charge in [-0.25, -0.2) is 9.37 Å². The van der Waals surface area contributed by atoms with E-state index in [-0.39, 0.29) is 5.82 Å². The Morgan fingerprint density at radius 1 is 1.18 bits per heavy atom. The van der Waals surface area contributed by atoms with E-state index in [2.05, 4.69) is 27.1 Å². The molecule has 1 saturated heterocycles. The second kappa shape index (κ2) is 6.73. The van der Waals surface area contributed by atoms with Gasteiger partial charge in [-0.15, -0.1) is 0 Å². The van der Waals surface area contributed by atoms with Gasteiger partial charge in [0.05, 0.1) is 0 Å². The van der Waals surface area contributed by atoms with Gasteiger partial charge in [-0.2, -0.15) is 4.98 Å². The van der Waals surface area contributed by atoms with Crippen LogP contribution in [0.3, 0.4) is 0 Å². The van der Waals surface area contributed by atoms with Gasteiger partial charge in [0, 0.05) is 25.8 Å². The Morgan fingerprint density at radius 2 is 1.91 bits per heavy atom. The minimum atomic E-state index is -0.215. The van der Waals surface area contributed by atoms with Gasteiger partial charge in [0.25, 0.3) is 0 Å². The van der Waals surface area contributed by atoms with Gasteiger partial charge in [0.15, 0.2) is 0 Å². The lowest BCUT2D eigenvalue weighted by Crippen LogP contribution is -2.34. The Balaban J connectivity index is 1.62. The molecule has 1 aliphatic heterocycles. The lowest BCUT2D eigenvalue weighted by Gasteiger charge is -2.30. The molecule has 1 aliphatic rings. The first-order valence-electron chi connectivity index (χ1n) is 7.77. The van der Waals surface area contributed by atoms with E-state index < -0.39 is 0 Å². The summed E-state index contributed by atoms with van der Waals surface area (Å²) in [6.07, 6.45) is 4.17. The van der Waals surface area contributed by atoms with Crippen LogP contribution in [0.2, 0.25) is 0 Å². The highest BCUT2D eigenvalue weighted by Crippen LogP contribution is 2.20. The van der Waals surface area contributed by atoms with Crippen LogP contribution in [0.5, 0.6) is 0 Å². The largest absolute Gasteiger partial charge is 0.366 e. The van der Waals surface area contributed by atoms with Crippen molar-refractivity contribution >= 4 is 11.8 Å². The highest BCUT2D eigenvalue weighted by atomic mass is 19.1. The highest BCUT2D eigenvalue weighted by Gasteiger charge is 2.17. The van der Waals surface area contributed by atoms with E-state index in [1.807, 2.05) is 6.07 Å². The first-order chi connectivity index (χ1) is 10.7. The first kappa shape index (κ1) is 14.8. The molecule has 0 aliphatic carbocycles. The molecule has 0 amide bonds. The molecule has 116 valence electrons. The van der Waals surface area contributed by atoms with Crippen LogP contribution in [0.1, 0.15) is 25.3 Å². The summed E-state index contributed by atoms with van der Waals surface area (Å²) < 4.78 is 12.9. The van der Waals surface area contributed by atoms with Crippen molar-refractivity contribution in [1.29, 1.82) is 0 Å². The smallest absolute Gasteiger partial charge is 0.227 e. The molecule has 2 aromatic rings. The number of rotatable bonds is 4. The Labute approximate surface area is 130 Å². The SMILES string of the molecule is CC1CCN(c2nccc(NCc3ccc(F)cc3)n2)CC1. The van der Waals surface area contributed by atoms with Crippen LogP contribution in [0.4, 0.5) is 16.2 Å². The molecule has 1 fully saturated rings. The number of nitrogens with one attached hydrogen (secondary N) is 1. The van der Waals surface area contributed by atoms with Gasteiger partial charge in [-0.1, -0.05) is 19.1 Å². The molecule has 22 heavy (non-hydrogen) atoms. The highest BCUT2D eigenvalue weighted by molar-refractivity contribution is 5.42. The predicted molar refractivity (Wildman–Crippen MR) is 86.4 cm³/mol. The zero-order valence-corrected chi connectivity index (χ0v) is 12.8. The second-order valence-electron chi connectivity index (χ2n) is 5.89. The molecule has 0 unspecified atom stereocenters. The Hall–Kier alpha value is -2.17. The molecule has 3 rings (SSSR count). The molecule has 2 heterocycles. The minimum absolute atomic E-state index is 0.215. The van der Waals surface area contributed by atoms with Gasteiger partial charge in [-0.3, -0.25) is 0 Å². The third-order valence-electron chi connectivity index (χ3n) is 4.10. The molecule has 0 atom stereocenters. The van der Waals surface area contributed by atoms with Gasteiger partial charge in [0.2, 0.25) is 5.95 Å². The summed E-state index contributed by atoms with van der Waals surface area (Å²) in [7, 11) is 0. The minimum Gasteiger partial charge on any atom is -0.366 e. The molecule has 0 saturated carbocycles. The van der Waals surface area contributed by atoms with Crippen molar-refractivity contribution in [2.45, 2.75) is 26.3 Å². The Morgan fingerprint density at radius 3 is 2.64 bits per heavy atom. The van der Waals surface area contributed by atoms with Crippen molar-refractivity contribution < 1.29 is 4.39 Å². The molecule has 0 spiro atoms. The summed E-state index contributed by atoms with van der Waals surface area (Å²) in [6, 6.07) is 8.35. The quantitative estimate of drug-likeness (QED) is 0.939. The zero-order valence-electron chi connectivity index (χ0n) is 12.8. The Kier molecular flexibility index (Phi) is 4.51. The number of benzene rings is 1. The van der Waals surface area contributed by atoms with E-state index in [1.54, 1.807) is 18.3 Å². The Bertz CT molecular complexity index is 606. The van der Waals surface area contributed by atoms with Gasteiger partial charge in [-0.05, 0) is 42.5 Å². The van der Waals surface area contributed by atoms with Crippen molar-refractivity contribution in [3.8, 4) is 0 Å². The number of hydrogen-bond donors (Lipinski definition) is 1. The molecule has 5 heteroatoms. The number of hydrogen-bond acceptors (Lipinski definition) is 4. The lowest BCUT2D eigenvalue weighted by atomic mass is 10.00. The average Bonchev–Trinajstić information content (AvgIpc) is 2.55. The number of halogens is 1. The van der Waals surface area contributed by atoms with Crippen LogP contribution in [0, 0.1) is 11.7 Å². The molecule has 1 N–H and O–H groups in total. The fourth-order valence-electron chi connectivity index (χ4n) is 2.60. The van der Waals surface area contributed by atoms with E-state index >= 15 is 0 Å². The molecular weight excluding hydrogens is 279 g/mol. The monoisotopic (exact) mass is 300 g/mol. The van der Waals surface area contributed by atoms with Crippen LogP contribution in [-0.4, -0.2) is 23.1 Å². The predicted octanol–water partition coefficient (Wildman–Crippen LogP) is 3.46. The van der Waals surface area contributed by atoms with E-state index in [0.717, 1.165) is 36.3 Å². The van der Waals surface area contributed by atoms with E-state index in [9.17, 15) is 4.39 Å². The van der Waals surface area contributed by atoms with Crippen LogP contribution in [-0.2, 0) is 6.54 Å². The molecule has 1 aromatic carbocycles. The average molecular weight is 300 g/mol. The van der Waals surface area contributed by atoms with Crippen molar-refractivity contribution in [1.82, 2.24) is 9.97 Å². The van der Waals surface area contributed by atoms with Gasteiger partial charge in [0.1, 0.15) is 11.6 Å². The fourth-order valence-corrected chi connectivity index (χ4v) is 2.60. The van der Waals surface area contributed by atoms with Crippen LogP contribution < -0.4 is 10.2 Å². The second-order valence-corrected chi connectivity index (χ2v) is 5.89. The summed E-state index contributed by atoms with van der Waals surface area (Å²) in [4.78, 5) is 11.2. The summed E-state index contributed by atoms with van der Waals surface area (Å²) in [5.74, 6) is 2.16. The summed E-state index contributed by atoms with van der Waals surface area (Å²) in [5.41, 5.74) is 1.02. The third kappa shape index (κ3) is 3.72. The zero-order chi connectivity index (χ0) is 15.4. The number of nitrogens with zero attached hydrogens (tertiary/aromatic N) is 3. The van der Waals surface area contributed by atoms with Crippen molar-refractivity contribution in [2.24, 2.45) is 5.92 Å². The lowest BCUT2D eigenvalue weighted by molar-refractivity contribution is 0.434. The van der Waals surface area contributed by atoms with Crippen LogP contribution in [0.25, 0.3) is 0 Å². The molecular formula is C17H21FN4. The number of aromatic nitrogens is 2. The molecule has 0 radical (unpaired) electrons. The summed E-state index contributed by atoms with van der Waals surface area (Å²) in [6.45, 7) is 4.94. The van der Waals surface area contributed by atoms with Crippen LogP contribution in [0.15, 0.2) is 36.5 Å².